The van der Waals surface area contributed by atoms with Crippen molar-refractivity contribution in [3.05, 3.63) is 58.4 Å². The minimum atomic E-state index is -0.594. The second-order valence-electron chi connectivity index (χ2n) is 7.29. The Morgan fingerprint density at radius 2 is 1.73 bits per heavy atom. The third-order valence-electron chi connectivity index (χ3n) is 5.40. The van der Waals surface area contributed by atoms with Crippen molar-refractivity contribution in [2.24, 2.45) is 0 Å². The summed E-state index contributed by atoms with van der Waals surface area (Å²) in [7, 11) is 3.03. The summed E-state index contributed by atoms with van der Waals surface area (Å²) < 4.78 is 16.0. The second kappa shape index (κ2) is 8.49. The first-order valence-corrected chi connectivity index (χ1v) is 9.96. The van der Waals surface area contributed by atoms with Gasteiger partial charge in [-0.3, -0.25) is 4.79 Å². The number of ether oxygens (including phenoxy) is 2. The molecule has 0 saturated heterocycles. The number of nitrogens with one attached hydrogen (secondary N) is 2. The number of fused-ring (bicyclic) bond motifs is 1. The highest BCUT2D eigenvalue weighted by Gasteiger charge is 2.22. The van der Waals surface area contributed by atoms with E-state index in [2.05, 4.69) is 10.6 Å². The summed E-state index contributed by atoms with van der Waals surface area (Å²) in [5.74, 6) is 0.510. The molecule has 3 aromatic rings. The van der Waals surface area contributed by atoms with Gasteiger partial charge in [-0.05, 0) is 43.2 Å². The number of carbonyl (C=O) groups excluding carboxylic acids is 1. The van der Waals surface area contributed by atoms with E-state index in [1.807, 2.05) is 18.2 Å². The molecule has 0 radical (unpaired) electrons. The highest BCUT2D eigenvalue weighted by molar-refractivity contribution is 6.08. The summed E-state index contributed by atoms with van der Waals surface area (Å²) >= 11 is 0. The molecule has 1 aromatic heterocycles. The van der Waals surface area contributed by atoms with Gasteiger partial charge in [-0.15, -0.1) is 0 Å². The largest absolute Gasteiger partial charge is 0.493 e. The van der Waals surface area contributed by atoms with Gasteiger partial charge in [0, 0.05) is 17.0 Å². The van der Waals surface area contributed by atoms with Gasteiger partial charge in [0.2, 0.25) is 0 Å². The first-order chi connectivity index (χ1) is 14.6. The number of anilines is 2. The molecule has 0 bridgehead atoms. The smallest absolute Gasteiger partial charge is 0.362 e. The standard InChI is InChI=1S/C23H24N2O5/c1-28-18-12-11-14(13-19(18)29-2)22(26)25-21-20(24-15-7-3-4-8-15)16-9-5-6-10-17(16)30-23(21)27/h5-6,9-13,15,24H,3-4,7-8H2,1-2H3,(H,25,26). The van der Waals surface area contributed by atoms with Gasteiger partial charge in [-0.1, -0.05) is 25.0 Å². The lowest BCUT2D eigenvalue weighted by Crippen LogP contribution is -2.23. The highest BCUT2D eigenvalue weighted by atomic mass is 16.5. The van der Waals surface area contributed by atoms with Crippen LogP contribution in [0.25, 0.3) is 11.0 Å². The van der Waals surface area contributed by atoms with Crippen LogP contribution in [-0.2, 0) is 0 Å². The van der Waals surface area contributed by atoms with Crippen LogP contribution >= 0.6 is 0 Å². The number of methoxy groups -OCH3 is 2. The van der Waals surface area contributed by atoms with Gasteiger partial charge in [0.15, 0.2) is 17.2 Å². The molecule has 1 aliphatic rings. The fourth-order valence-electron chi connectivity index (χ4n) is 3.85. The molecule has 0 unspecified atom stereocenters. The normalized spacial score (nSPS) is 13.9. The molecular weight excluding hydrogens is 384 g/mol. The molecule has 1 fully saturated rings. The maximum absolute atomic E-state index is 12.9. The van der Waals surface area contributed by atoms with Crippen LogP contribution in [-0.4, -0.2) is 26.2 Å². The maximum Gasteiger partial charge on any atom is 0.362 e. The average molecular weight is 408 g/mol. The Hall–Kier alpha value is -3.48. The quantitative estimate of drug-likeness (QED) is 0.587. The van der Waals surface area contributed by atoms with E-state index in [-0.39, 0.29) is 11.7 Å². The lowest BCUT2D eigenvalue weighted by molar-refractivity contribution is 0.102. The molecule has 1 aliphatic carbocycles. The summed E-state index contributed by atoms with van der Waals surface area (Å²) in [6.45, 7) is 0. The van der Waals surface area contributed by atoms with Crippen molar-refractivity contribution in [2.45, 2.75) is 31.7 Å². The minimum absolute atomic E-state index is 0.111. The molecule has 156 valence electrons. The van der Waals surface area contributed by atoms with Crippen LogP contribution in [0, 0.1) is 0 Å². The zero-order valence-corrected chi connectivity index (χ0v) is 17.0. The molecule has 30 heavy (non-hydrogen) atoms. The minimum Gasteiger partial charge on any atom is -0.493 e. The number of amides is 1. The van der Waals surface area contributed by atoms with Gasteiger partial charge in [0.05, 0.1) is 19.9 Å². The predicted molar refractivity (Wildman–Crippen MR) is 116 cm³/mol. The first-order valence-electron chi connectivity index (χ1n) is 9.96. The second-order valence-corrected chi connectivity index (χ2v) is 7.29. The Labute approximate surface area is 174 Å². The Balaban J connectivity index is 1.73. The molecule has 7 heteroatoms. The van der Waals surface area contributed by atoms with E-state index in [0.717, 1.165) is 31.1 Å². The summed E-state index contributed by atoms with van der Waals surface area (Å²) in [5, 5.41) is 6.97. The van der Waals surface area contributed by atoms with Crippen LogP contribution in [0.4, 0.5) is 11.4 Å². The fraction of sp³-hybridized carbons (Fsp3) is 0.304. The van der Waals surface area contributed by atoms with Crippen LogP contribution < -0.4 is 25.7 Å². The Kier molecular flexibility index (Phi) is 5.61. The SMILES string of the molecule is COc1ccc(C(=O)Nc2c(NC3CCCC3)c3ccccc3oc2=O)cc1OC. The number of carbonyl (C=O) groups is 1. The van der Waals surface area contributed by atoms with E-state index < -0.39 is 11.5 Å². The van der Waals surface area contributed by atoms with Gasteiger partial charge in [0.25, 0.3) is 5.91 Å². The number of hydrogen-bond acceptors (Lipinski definition) is 6. The number of hydrogen-bond donors (Lipinski definition) is 2. The summed E-state index contributed by atoms with van der Waals surface area (Å²) in [6.07, 6.45) is 4.34. The first kappa shape index (κ1) is 19.8. The van der Waals surface area contributed by atoms with Crippen LogP contribution in [0.5, 0.6) is 11.5 Å². The third-order valence-corrected chi connectivity index (χ3v) is 5.40. The molecule has 2 N–H and O–H groups in total. The van der Waals surface area contributed by atoms with Gasteiger partial charge >= 0.3 is 5.63 Å². The van der Waals surface area contributed by atoms with Crippen molar-refractivity contribution in [2.75, 3.05) is 24.9 Å². The zero-order valence-electron chi connectivity index (χ0n) is 17.0. The Morgan fingerprint density at radius 1 is 1.00 bits per heavy atom. The van der Waals surface area contributed by atoms with Crippen molar-refractivity contribution in [3.63, 3.8) is 0 Å². The summed E-state index contributed by atoms with van der Waals surface area (Å²) in [4.78, 5) is 25.7. The molecule has 2 aromatic carbocycles. The molecule has 1 amide bonds. The Morgan fingerprint density at radius 3 is 2.47 bits per heavy atom. The van der Waals surface area contributed by atoms with Crippen molar-refractivity contribution < 1.29 is 18.7 Å². The van der Waals surface area contributed by atoms with E-state index in [0.29, 0.717) is 28.3 Å². The van der Waals surface area contributed by atoms with Crippen LogP contribution in [0.15, 0.2) is 51.7 Å². The van der Waals surface area contributed by atoms with E-state index >= 15 is 0 Å². The van der Waals surface area contributed by atoms with Crippen LogP contribution in [0.2, 0.25) is 0 Å². The van der Waals surface area contributed by atoms with Crippen molar-refractivity contribution >= 4 is 28.3 Å². The van der Waals surface area contributed by atoms with Crippen LogP contribution in [0.3, 0.4) is 0 Å². The molecule has 0 aliphatic heterocycles. The lowest BCUT2D eigenvalue weighted by atomic mass is 10.1. The van der Waals surface area contributed by atoms with E-state index in [1.54, 1.807) is 24.3 Å². The summed E-state index contributed by atoms with van der Waals surface area (Å²) in [6, 6.07) is 12.4. The zero-order chi connectivity index (χ0) is 21.1. The highest BCUT2D eigenvalue weighted by Crippen LogP contribution is 2.33. The van der Waals surface area contributed by atoms with E-state index in [1.165, 1.54) is 14.2 Å². The molecule has 0 spiro atoms. The lowest BCUT2D eigenvalue weighted by Gasteiger charge is -2.18. The van der Waals surface area contributed by atoms with E-state index in [9.17, 15) is 9.59 Å². The molecule has 0 atom stereocenters. The van der Waals surface area contributed by atoms with Crippen molar-refractivity contribution in [1.82, 2.24) is 0 Å². The van der Waals surface area contributed by atoms with Gasteiger partial charge in [0.1, 0.15) is 5.58 Å². The molecule has 4 rings (SSSR count). The number of rotatable bonds is 6. The predicted octanol–water partition coefficient (Wildman–Crippen LogP) is 4.42. The maximum atomic E-state index is 12.9. The summed E-state index contributed by atoms with van der Waals surface area (Å²) in [5.41, 5.74) is 0.935. The van der Waals surface area contributed by atoms with Crippen molar-refractivity contribution in [3.8, 4) is 11.5 Å². The van der Waals surface area contributed by atoms with Crippen LogP contribution in [0.1, 0.15) is 36.0 Å². The van der Waals surface area contributed by atoms with Gasteiger partial charge in [-0.2, -0.15) is 0 Å². The number of para-hydroxylation sites is 1. The van der Waals surface area contributed by atoms with E-state index in [4.69, 9.17) is 13.9 Å². The molecule has 1 heterocycles. The fourth-order valence-corrected chi connectivity index (χ4v) is 3.85. The van der Waals surface area contributed by atoms with Gasteiger partial charge in [-0.25, -0.2) is 4.79 Å². The topological polar surface area (TPSA) is 89.8 Å². The Bertz CT molecular complexity index is 1130. The third kappa shape index (κ3) is 3.83. The molecule has 7 nitrogen and oxygen atoms in total. The van der Waals surface area contributed by atoms with Gasteiger partial charge < -0.3 is 24.5 Å². The number of benzene rings is 2. The molecule has 1 saturated carbocycles. The van der Waals surface area contributed by atoms with Crippen molar-refractivity contribution in [1.29, 1.82) is 0 Å². The molecular formula is C23H24N2O5. The average Bonchev–Trinajstić information content (AvgIpc) is 3.28. The monoisotopic (exact) mass is 408 g/mol.